The van der Waals surface area contributed by atoms with E-state index in [-0.39, 0.29) is 11.7 Å². The number of aromatic nitrogens is 4. The molecule has 0 fully saturated rings. The third-order valence-electron chi connectivity index (χ3n) is 3.18. The number of anilines is 1. The molecule has 8 heteroatoms. The smallest absolute Gasteiger partial charge is 0.325 e. The lowest BCUT2D eigenvalue weighted by molar-refractivity contribution is 0.141. The van der Waals surface area contributed by atoms with Crippen LogP contribution in [0.4, 0.5) is 5.82 Å². The number of rotatable bonds is 7. The molecule has 0 bridgehead atoms. The quantitative estimate of drug-likeness (QED) is 0.567. The second-order valence-electron chi connectivity index (χ2n) is 4.84. The minimum Gasteiger partial charge on any atom is -0.461 e. The van der Waals surface area contributed by atoms with Crippen LogP contribution in [0.15, 0.2) is 35.1 Å². The van der Waals surface area contributed by atoms with Crippen LogP contribution in [-0.4, -0.2) is 40.3 Å². The normalized spacial score (nSPS) is 10.8. The number of nitrogens with one attached hydrogen (secondary N) is 3. The van der Waals surface area contributed by atoms with E-state index in [1.54, 1.807) is 7.11 Å². The molecule has 0 saturated heterocycles. The monoisotopic (exact) mass is 315 g/mol. The molecule has 0 amide bonds. The lowest BCUT2D eigenvalue weighted by Gasteiger charge is -2.09. The number of hydrogen-bond acceptors (Lipinski definition) is 6. The summed E-state index contributed by atoms with van der Waals surface area (Å²) in [6.07, 6.45) is 0. The molecule has 23 heavy (non-hydrogen) atoms. The zero-order chi connectivity index (χ0) is 16.1. The fraction of sp³-hybridized carbons (Fsp3) is 0.267. The van der Waals surface area contributed by atoms with Crippen LogP contribution in [0.3, 0.4) is 0 Å². The lowest BCUT2D eigenvalue weighted by Crippen LogP contribution is -2.09. The van der Waals surface area contributed by atoms with E-state index in [4.69, 9.17) is 9.47 Å². The summed E-state index contributed by atoms with van der Waals surface area (Å²) >= 11 is 0. The van der Waals surface area contributed by atoms with Gasteiger partial charge in [0.05, 0.1) is 6.61 Å². The number of benzene rings is 1. The second kappa shape index (κ2) is 6.93. The fourth-order valence-corrected chi connectivity index (χ4v) is 2.09. The summed E-state index contributed by atoms with van der Waals surface area (Å²) in [7, 11) is 1.59. The van der Waals surface area contributed by atoms with Crippen molar-refractivity contribution in [2.45, 2.75) is 6.54 Å². The summed E-state index contributed by atoms with van der Waals surface area (Å²) in [5, 5.41) is 3.20. The van der Waals surface area contributed by atoms with Crippen LogP contribution in [0.2, 0.25) is 0 Å². The van der Waals surface area contributed by atoms with E-state index in [1.165, 1.54) is 0 Å². The molecule has 0 unspecified atom stereocenters. The van der Waals surface area contributed by atoms with Crippen LogP contribution in [0, 0.1) is 0 Å². The summed E-state index contributed by atoms with van der Waals surface area (Å²) in [5.74, 6) is 0.504. The van der Waals surface area contributed by atoms with Gasteiger partial charge < -0.3 is 19.8 Å². The summed E-state index contributed by atoms with van der Waals surface area (Å²) < 4.78 is 10.4. The van der Waals surface area contributed by atoms with Crippen molar-refractivity contribution in [3.8, 4) is 6.01 Å². The number of fused-ring (bicyclic) bond motifs is 1. The molecule has 2 aromatic heterocycles. The molecule has 0 aliphatic heterocycles. The van der Waals surface area contributed by atoms with Gasteiger partial charge in [0.2, 0.25) is 0 Å². The van der Waals surface area contributed by atoms with Gasteiger partial charge in [0, 0.05) is 13.7 Å². The predicted molar refractivity (Wildman–Crippen MR) is 85.6 cm³/mol. The highest BCUT2D eigenvalue weighted by Gasteiger charge is 2.11. The first-order valence-electron chi connectivity index (χ1n) is 7.16. The summed E-state index contributed by atoms with van der Waals surface area (Å²) in [6, 6.07) is 10.1. The third-order valence-corrected chi connectivity index (χ3v) is 3.18. The number of hydrogen-bond donors (Lipinski definition) is 3. The largest absolute Gasteiger partial charge is 0.461 e. The zero-order valence-electron chi connectivity index (χ0n) is 12.6. The molecule has 3 aromatic rings. The van der Waals surface area contributed by atoms with Gasteiger partial charge in [-0.25, -0.2) is 4.79 Å². The molecule has 2 heterocycles. The SMILES string of the molecule is COCCOc1nc(NCc2ccccc2)c2[nH]c(=O)[nH]c2n1. The van der Waals surface area contributed by atoms with Gasteiger partial charge in [0.15, 0.2) is 11.5 Å². The van der Waals surface area contributed by atoms with Crippen LogP contribution in [0.1, 0.15) is 5.56 Å². The highest BCUT2D eigenvalue weighted by Crippen LogP contribution is 2.19. The number of methoxy groups -OCH3 is 1. The maximum atomic E-state index is 11.5. The first kappa shape index (κ1) is 15.0. The Hall–Kier alpha value is -2.87. The zero-order valence-corrected chi connectivity index (χ0v) is 12.6. The van der Waals surface area contributed by atoms with Crippen molar-refractivity contribution < 1.29 is 9.47 Å². The van der Waals surface area contributed by atoms with E-state index >= 15 is 0 Å². The predicted octanol–water partition coefficient (Wildman–Crippen LogP) is 1.28. The van der Waals surface area contributed by atoms with Crippen LogP contribution in [-0.2, 0) is 11.3 Å². The van der Waals surface area contributed by atoms with E-state index in [0.29, 0.717) is 36.7 Å². The van der Waals surface area contributed by atoms with E-state index < -0.39 is 0 Å². The van der Waals surface area contributed by atoms with Gasteiger partial charge >= 0.3 is 11.7 Å². The van der Waals surface area contributed by atoms with Crippen molar-refractivity contribution >= 4 is 17.0 Å². The topological polar surface area (TPSA) is 105 Å². The lowest BCUT2D eigenvalue weighted by atomic mass is 10.2. The highest BCUT2D eigenvalue weighted by molar-refractivity contribution is 5.82. The van der Waals surface area contributed by atoms with Crippen molar-refractivity contribution in [3.63, 3.8) is 0 Å². The Labute approximate surface area is 131 Å². The Balaban J connectivity index is 1.85. The molecule has 120 valence electrons. The maximum absolute atomic E-state index is 11.5. The van der Waals surface area contributed by atoms with E-state index in [0.717, 1.165) is 5.56 Å². The highest BCUT2D eigenvalue weighted by atomic mass is 16.5. The number of aromatic amines is 2. The summed E-state index contributed by atoms with van der Waals surface area (Å²) in [4.78, 5) is 25.3. The average Bonchev–Trinajstić information content (AvgIpc) is 2.94. The number of ether oxygens (including phenoxy) is 2. The number of nitrogens with zero attached hydrogens (tertiary/aromatic N) is 2. The fourth-order valence-electron chi connectivity index (χ4n) is 2.09. The van der Waals surface area contributed by atoms with Crippen molar-refractivity contribution in [1.82, 2.24) is 19.9 Å². The van der Waals surface area contributed by atoms with Crippen molar-refractivity contribution in [2.75, 3.05) is 25.6 Å². The summed E-state index contributed by atoms with van der Waals surface area (Å²) in [5.41, 5.74) is 1.67. The minimum absolute atomic E-state index is 0.181. The number of H-pyrrole nitrogens is 2. The molecular weight excluding hydrogens is 298 g/mol. The van der Waals surface area contributed by atoms with Gasteiger partial charge in [-0.2, -0.15) is 9.97 Å². The van der Waals surface area contributed by atoms with Gasteiger partial charge in [0.1, 0.15) is 12.1 Å². The molecule has 0 aliphatic rings. The van der Waals surface area contributed by atoms with Gasteiger partial charge in [-0.05, 0) is 5.56 Å². The van der Waals surface area contributed by atoms with Gasteiger partial charge in [0.25, 0.3) is 0 Å². The molecule has 0 radical (unpaired) electrons. The van der Waals surface area contributed by atoms with Crippen LogP contribution in [0.25, 0.3) is 11.2 Å². The average molecular weight is 315 g/mol. The standard InChI is InChI=1S/C15H17N5O3/c1-22-7-8-23-15-19-12(11-13(20-15)18-14(21)17-11)16-9-10-5-3-2-4-6-10/h2-6H,7-9H2,1H3,(H3,16,17,18,19,20,21). The minimum atomic E-state index is -0.342. The Morgan fingerprint density at radius 3 is 2.74 bits per heavy atom. The maximum Gasteiger partial charge on any atom is 0.325 e. The molecule has 0 atom stereocenters. The van der Waals surface area contributed by atoms with Gasteiger partial charge in [-0.15, -0.1) is 0 Å². The van der Waals surface area contributed by atoms with Crippen molar-refractivity contribution in [3.05, 3.63) is 46.4 Å². The van der Waals surface area contributed by atoms with Crippen LogP contribution >= 0.6 is 0 Å². The van der Waals surface area contributed by atoms with Gasteiger partial charge in [-0.1, -0.05) is 30.3 Å². The molecule has 0 spiro atoms. The Kier molecular flexibility index (Phi) is 4.53. The molecule has 3 rings (SSSR count). The van der Waals surface area contributed by atoms with Crippen molar-refractivity contribution in [2.24, 2.45) is 0 Å². The molecule has 8 nitrogen and oxygen atoms in total. The van der Waals surface area contributed by atoms with E-state index in [2.05, 4.69) is 25.3 Å². The Morgan fingerprint density at radius 2 is 1.96 bits per heavy atom. The van der Waals surface area contributed by atoms with E-state index in [1.807, 2.05) is 30.3 Å². The number of imidazole rings is 1. The van der Waals surface area contributed by atoms with Crippen LogP contribution < -0.4 is 15.7 Å². The first-order valence-corrected chi connectivity index (χ1v) is 7.16. The molecule has 3 N–H and O–H groups in total. The van der Waals surface area contributed by atoms with E-state index in [9.17, 15) is 4.79 Å². The second-order valence-corrected chi connectivity index (χ2v) is 4.84. The molecule has 0 aliphatic carbocycles. The van der Waals surface area contributed by atoms with Gasteiger partial charge in [-0.3, -0.25) is 4.98 Å². The first-order chi connectivity index (χ1) is 11.3. The third kappa shape index (κ3) is 3.67. The molecular formula is C15H17N5O3. The van der Waals surface area contributed by atoms with Crippen molar-refractivity contribution in [1.29, 1.82) is 0 Å². The Bertz CT molecular complexity index is 828. The Morgan fingerprint density at radius 1 is 1.13 bits per heavy atom. The van der Waals surface area contributed by atoms with Crippen LogP contribution in [0.5, 0.6) is 6.01 Å². The summed E-state index contributed by atoms with van der Waals surface area (Å²) in [6.45, 7) is 1.32. The molecule has 0 saturated carbocycles. The molecule has 1 aromatic carbocycles.